The van der Waals surface area contributed by atoms with Crippen molar-refractivity contribution in [2.45, 2.75) is 19.5 Å². The molecule has 0 aromatic carbocycles. The van der Waals surface area contributed by atoms with Gasteiger partial charge in [0, 0.05) is 29.9 Å². The average molecular weight is 476 g/mol. The fourth-order valence-electron chi connectivity index (χ4n) is 2.54. The van der Waals surface area contributed by atoms with E-state index in [2.05, 4.69) is 33.1 Å². The molecule has 24 heavy (non-hydrogen) atoms. The number of hydrogen-bond donors (Lipinski definition) is 2. The summed E-state index contributed by atoms with van der Waals surface area (Å²) in [4.78, 5) is 21.1. The van der Waals surface area contributed by atoms with Crippen molar-refractivity contribution < 1.29 is 4.79 Å². The highest BCUT2D eigenvalue weighted by Crippen LogP contribution is 2.23. The van der Waals surface area contributed by atoms with Crippen LogP contribution in [0, 0.1) is 0 Å². The third kappa shape index (κ3) is 4.93. The summed E-state index contributed by atoms with van der Waals surface area (Å²) in [5, 5.41) is 10.5. The fraction of sp³-hybridized carbons (Fsp3) is 0.375. The van der Waals surface area contributed by atoms with Crippen LogP contribution >= 0.6 is 46.7 Å². The van der Waals surface area contributed by atoms with Crippen LogP contribution in [0.5, 0.6) is 0 Å². The fourth-order valence-corrected chi connectivity index (χ4v) is 4.07. The Labute approximate surface area is 167 Å². The molecule has 5 nitrogen and oxygen atoms in total. The maximum Gasteiger partial charge on any atom is 0.242 e. The minimum absolute atomic E-state index is 0. The summed E-state index contributed by atoms with van der Waals surface area (Å²) in [6, 6.07) is 6.22. The van der Waals surface area contributed by atoms with Gasteiger partial charge in [-0.05, 0) is 34.9 Å². The molecule has 0 spiro atoms. The first-order valence-electron chi connectivity index (χ1n) is 7.56. The molecule has 0 saturated heterocycles. The summed E-state index contributed by atoms with van der Waals surface area (Å²) in [7, 11) is 1.72. The van der Waals surface area contributed by atoms with E-state index in [1.807, 2.05) is 16.3 Å². The van der Waals surface area contributed by atoms with Gasteiger partial charge in [0.2, 0.25) is 5.91 Å². The van der Waals surface area contributed by atoms with Gasteiger partial charge >= 0.3 is 0 Å². The number of aliphatic imine (C=N–C) groups is 1. The van der Waals surface area contributed by atoms with Gasteiger partial charge in [0.05, 0.1) is 13.1 Å². The number of guanidine groups is 1. The van der Waals surface area contributed by atoms with Crippen LogP contribution in [-0.4, -0.2) is 36.9 Å². The quantitative estimate of drug-likeness (QED) is 0.406. The van der Waals surface area contributed by atoms with Gasteiger partial charge in [0.15, 0.2) is 5.96 Å². The monoisotopic (exact) mass is 476 g/mol. The van der Waals surface area contributed by atoms with E-state index < -0.39 is 0 Å². The van der Waals surface area contributed by atoms with Crippen molar-refractivity contribution in [3.05, 3.63) is 44.3 Å². The first-order chi connectivity index (χ1) is 11.3. The number of nitrogens with zero attached hydrogens (tertiary/aromatic N) is 2. The van der Waals surface area contributed by atoms with Crippen LogP contribution in [0.1, 0.15) is 15.3 Å². The average Bonchev–Trinajstić information content (AvgIpc) is 3.25. The first kappa shape index (κ1) is 19.2. The van der Waals surface area contributed by atoms with Crippen molar-refractivity contribution in [1.29, 1.82) is 0 Å². The second-order valence-corrected chi connectivity index (χ2v) is 7.33. The molecular weight excluding hydrogens is 455 g/mol. The molecule has 0 saturated carbocycles. The van der Waals surface area contributed by atoms with Crippen LogP contribution in [0.2, 0.25) is 0 Å². The predicted octanol–water partition coefficient (Wildman–Crippen LogP) is 2.68. The zero-order valence-corrected chi connectivity index (χ0v) is 17.4. The molecular formula is C16H21IN4OS2. The second kappa shape index (κ2) is 9.38. The molecule has 1 aliphatic heterocycles. The van der Waals surface area contributed by atoms with Gasteiger partial charge in [-0.2, -0.15) is 0 Å². The van der Waals surface area contributed by atoms with Gasteiger partial charge in [0.1, 0.15) is 0 Å². The molecule has 1 aliphatic rings. The summed E-state index contributed by atoms with van der Waals surface area (Å²) < 4.78 is 0. The Morgan fingerprint density at radius 1 is 1.29 bits per heavy atom. The molecule has 130 valence electrons. The number of rotatable bonds is 4. The van der Waals surface area contributed by atoms with E-state index in [4.69, 9.17) is 0 Å². The predicted molar refractivity (Wildman–Crippen MR) is 111 cm³/mol. The number of nitrogens with one attached hydrogen (secondary N) is 2. The van der Waals surface area contributed by atoms with Gasteiger partial charge in [-0.3, -0.25) is 9.79 Å². The molecule has 1 amide bonds. The van der Waals surface area contributed by atoms with Crippen molar-refractivity contribution >= 4 is 58.5 Å². The molecule has 0 fully saturated rings. The Morgan fingerprint density at radius 3 is 2.92 bits per heavy atom. The van der Waals surface area contributed by atoms with Crippen LogP contribution in [0.4, 0.5) is 0 Å². The lowest BCUT2D eigenvalue weighted by Crippen LogP contribution is -2.45. The van der Waals surface area contributed by atoms with Crippen LogP contribution in [0.3, 0.4) is 0 Å². The molecule has 8 heteroatoms. The molecule has 0 unspecified atom stereocenters. The number of carbonyl (C=O) groups is 1. The number of hydrogen-bond acceptors (Lipinski definition) is 4. The largest absolute Gasteiger partial charge is 0.352 e. The Balaban J connectivity index is 0.00000208. The zero-order valence-electron chi connectivity index (χ0n) is 13.4. The van der Waals surface area contributed by atoms with E-state index in [1.54, 1.807) is 29.7 Å². The molecule has 0 atom stereocenters. The van der Waals surface area contributed by atoms with E-state index in [1.165, 1.54) is 15.3 Å². The first-order valence-corrected chi connectivity index (χ1v) is 9.32. The summed E-state index contributed by atoms with van der Waals surface area (Å²) in [6.07, 6.45) is 0.962. The van der Waals surface area contributed by atoms with Gasteiger partial charge in [-0.1, -0.05) is 6.07 Å². The molecule has 2 N–H and O–H groups in total. The van der Waals surface area contributed by atoms with Crippen molar-refractivity contribution in [2.75, 3.05) is 20.1 Å². The van der Waals surface area contributed by atoms with Crippen LogP contribution in [-0.2, 0) is 24.3 Å². The van der Waals surface area contributed by atoms with E-state index in [-0.39, 0.29) is 36.4 Å². The number of fused-ring (bicyclic) bond motifs is 1. The number of thiophene rings is 2. The molecule has 2 aromatic rings. The van der Waals surface area contributed by atoms with Crippen LogP contribution in [0.25, 0.3) is 0 Å². The van der Waals surface area contributed by atoms with Crippen LogP contribution < -0.4 is 10.6 Å². The van der Waals surface area contributed by atoms with Crippen molar-refractivity contribution in [1.82, 2.24) is 15.5 Å². The smallest absolute Gasteiger partial charge is 0.242 e. The number of amides is 1. The highest BCUT2D eigenvalue weighted by molar-refractivity contribution is 14.0. The standard InChI is InChI=1S/C16H20N4OS2.HI/c1-17-16(18-9-13-3-2-7-22-13)19-10-15(21)20-6-4-14-12(11-20)5-8-23-14;/h2-3,5,7-8H,4,6,9-11H2,1H3,(H2,17,18,19);1H. The van der Waals surface area contributed by atoms with E-state index in [0.717, 1.165) is 19.5 Å². The van der Waals surface area contributed by atoms with Gasteiger partial charge in [-0.25, -0.2) is 0 Å². The normalized spacial score (nSPS) is 13.9. The summed E-state index contributed by atoms with van der Waals surface area (Å²) in [5.41, 5.74) is 1.29. The lowest BCUT2D eigenvalue weighted by atomic mass is 10.1. The molecule has 3 heterocycles. The Hall–Kier alpha value is -1.13. The lowest BCUT2D eigenvalue weighted by molar-refractivity contribution is -0.130. The zero-order chi connectivity index (χ0) is 16.1. The summed E-state index contributed by atoms with van der Waals surface area (Å²) in [5.74, 6) is 0.765. The highest BCUT2D eigenvalue weighted by Gasteiger charge is 2.21. The minimum Gasteiger partial charge on any atom is -0.352 e. The number of halogens is 1. The summed E-state index contributed by atoms with van der Waals surface area (Å²) >= 11 is 3.48. The summed E-state index contributed by atoms with van der Waals surface area (Å²) in [6.45, 7) is 2.51. The third-order valence-corrected chi connectivity index (χ3v) is 5.70. The topological polar surface area (TPSA) is 56.7 Å². The molecule has 0 radical (unpaired) electrons. The molecule has 2 aromatic heterocycles. The third-order valence-electron chi connectivity index (χ3n) is 3.80. The highest BCUT2D eigenvalue weighted by atomic mass is 127. The van der Waals surface area contributed by atoms with Gasteiger partial charge in [0.25, 0.3) is 0 Å². The van der Waals surface area contributed by atoms with Crippen molar-refractivity contribution in [3.63, 3.8) is 0 Å². The second-order valence-electron chi connectivity index (χ2n) is 5.29. The van der Waals surface area contributed by atoms with Crippen molar-refractivity contribution in [3.8, 4) is 0 Å². The Bertz CT molecular complexity index is 684. The minimum atomic E-state index is 0. The van der Waals surface area contributed by atoms with Gasteiger partial charge < -0.3 is 15.5 Å². The molecule has 3 rings (SSSR count). The number of carbonyl (C=O) groups excluding carboxylic acids is 1. The lowest BCUT2D eigenvalue weighted by Gasteiger charge is -2.27. The van der Waals surface area contributed by atoms with E-state index in [9.17, 15) is 4.79 Å². The maximum atomic E-state index is 12.4. The van der Waals surface area contributed by atoms with Crippen molar-refractivity contribution in [2.24, 2.45) is 4.99 Å². The SMILES string of the molecule is CN=C(NCC(=O)N1CCc2sccc2C1)NCc1cccs1.I. The molecule has 0 aliphatic carbocycles. The Morgan fingerprint density at radius 2 is 2.17 bits per heavy atom. The van der Waals surface area contributed by atoms with E-state index in [0.29, 0.717) is 12.5 Å². The van der Waals surface area contributed by atoms with Crippen LogP contribution in [0.15, 0.2) is 34.0 Å². The van der Waals surface area contributed by atoms with Gasteiger partial charge in [-0.15, -0.1) is 46.7 Å². The molecule has 0 bridgehead atoms. The van der Waals surface area contributed by atoms with E-state index >= 15 is 0 Å². The maximum absolute atomic E-state index is 12.4. The Kier molecular flexibility index (Phi) is 7.50.